The minimum absolute atomic E-state index is 0.0285. The molecular weight excluding hydrogens is 324 g/mol. The van der Waals surface area contributed by atoms with Crippen molar-refractivity contribution >= 4 is 9.84 Å². The standard InChI is InChI=1S/C18H24N2O3S/c1-20(15-10-6-7-11-17(15)24(2,21)22)13-18-19-12-16(23-18)14-8-4-3-5-9-14/h3-5,8-9,12,15,17H,6-7,10-11,13H2,1-2H3/t15-,17-/m0/s1. The summed E-state index contributed by atoms with van der Waals surface area (Å²) in [5.41, 5.74) is 0.991. The Balaban J connectivity index is 1.72. The molecule has 1 aliphatic carbocycles. The first kappa shape index (κ1) is 17.2. The van der Waals surface area contributed by atoms with Crippen molar-refractivity contribution in [2.75, 3.05) is 13.3 Å². The van der Waals surface area contributed by atoms with Gasteiger partial charge in [0.1, 0.15) is 0 Å². The number of oxazole rings is 1. The lowest BCUT2D eigenvalue weighted by Crippen LogP contribution is -2.46. The SMILES string of the molecule is CN(Cc1ncc(-c2ccccc2)o1)[C@H]1CCCC[C@@H]1S(C)(=O)=O. The lowest BCUT2D eigenvalue weighted by atomic mass is 9.94. The summed E-state index contributed by atoms with van der Waals surface area (Å²) in [5, 5.41) is -0.292. The first-order valence-corrected chi connectivity index (χ1v) is 10.3. The zero-order chi connectivity index (χ0) is 17.2. The highest BCUT2D eigenvalue weighted by molar-refractivity contribution is 7.91. The fraction of sp³-hybridized carbons (Fsp3) is 0.500. The molecule has 130 valence electrons. The van der Waals surface area contributed by atoms with E-state index in [-0.39, 0.29) is 11.3 Å². The van der Waals surface area contributed by atoms with Gasteiger partial charge in [-0.3, -0.25) is 4.90 Å². The molecule has 0 bridgehead atoms. The molecule has 0 amide bonds. The second-order valence-electron chi connectivity index (χ2n) is 6.62. The maximum Gasteiger partial charge on any atom is 0.209 e. The highest BCUT2D eigenvalue weighted by Crippen LogP contribution is 2.28. The monoisotopic (exact) mass is 348 g/mol. The van der Waals surface area contributed by atoms with Crippen LogP contribution in [-0.2, 0) is 16.4 Å². The topological polar surface area (TPSA) is 63.4 Å². The summed E-state index contributed by atoms with van der Waals surface area (Å²) in [5.74, 6) is 1.36. The van der Waals surface area contributed by atoms with Crippen LogP contribution in [0, 0.1) is 0 Å². The molecule has 0 saturated heterocycles. The van der Waals surface area contributed by atoms with Crippen LogP contribution in [0.1, 0.15) is 31.6 Å². The number of hydrogen-bond acceptors (Lipinski definition) is 5. The third-order valence-corrected chi connectivity index (χ3v) is 6.43. The third kappa shape index (κ3) is 3.87. The Kier molecular flexibility index (Phi) is 5.06. The summed E-state index contributed by atoms with van der Waals surface area (Å²) in [4.78, 5) is 6.43. The Bertz CT molecular complexity index is 771. The van der Waals surface area contributed by atoms with E-state index in [1.54, 1.807) is 6.20 Å². The van der Waals surface area contributed by atoms with Gasteiger partial charge in [0.25, 0.3) is 0 Å². The van der Waals surface area contributed by atoms with E-state index >= 15 is 0 Å². The predicted molar refractivity (Wildman–Crippen MR) is 94.3 cm³/mol. The molecule has 1 aromatic carbocycles. The highest BCUT2D eigenvalue weighted by atomic mass is 32.2. The van der Waals surface area contributed by atoms with E-state index in [1.165, 1.54) is 6.26 Å². The van der Waals surface area contributed by atoms with Crippen LogP contribution in [0.3, 0.4) is 0 Å². The summed E-state index contributed by atoms with van der Waals surface area (Å²) >= 11 is 0. The molecule has 24 heavy (non-hydrogen) atoms. The summed E-state index contributed by atoms with van der Waals surface area (Å²) < 4.78 is 30.0. The number of aromatic nitrogens is 1. The first-order chi connectivity index (χ1) is 11.4. The smallest absolute Gasteiger partial charge is 0.209 e. The van der Waals surface area contributed by atoms with Crippen molar-refractivity contribution in [1.82, 2.24) is 9.88 Å². The molecule has 1 heterocycles. The van der Waals surface area contributed by atoms with E-state index in [2.05, 4.69) is 9.88 Å². The Labute approximate surface area is 143 Å². The molecule has 0 N–H and O–H groups in total. The fourth-order valence-electron chi connectivity index (χ4n) is 3.53. The number of hydrogen-bond donors (Lipinski definition) is 0. The van der Waals surface area contributed by atoms with E-state index < -0.39 is 9.84 Å². The van der Waals surface area contributed by atoms with Crippen LogP contribution in [0.5, 0.6) is 0 Å². The van der Waals surface area contributed by atoms with Gasteiger partial charge in [-0.05, 0) is 19.9 Å². The second kappa shape index (κ2) is 7.07. The molecule has 2 atom stereocenters. The van der Waals surface area contributed by atoms with E-state index in [0.29, 0.717) is 12.4 Å². The van der Waals surface area contributed by atoms with Crippen LogP contribution in [0.2, 0.25) is 0 Å². The van der Waals surface area contributed by atoms with Crippen LogP contribution in [0.15, 0.2) is 40.9 Å². The van der Waals surface area contributed by atoms with Crippen molar-refractivity contribution in [2.45, 2.75) is 43.5 Å². The summed E-state index contributed by atoms with van der Waals surface area (Å²) in [6.07, 6.45) is 6.78. The van der Waals surface area contributed by atoms with E-state index in [0.717, 1.165) is 37.0 Å². The van der Waals surface area contributed by atoms with Crippen molar-refractivity contribution in [3.63, 3.8) is 0 Å². The third-order valence-electron chi connectivity index (χ3n) is 4.78. The lowest BCUT2D eigenvalue weighted by Gasteiger charge is -2.36. The highest BCUT2D eigenvalue weighted by Gasteiger charge is 2.35. The molecule has 3 rings (SSSR count). The molecule has 0 aliphatic heterocycles. The van der Waals surface area contributed by atoms with Gasteiger partial charge in [-0.15, -0.1) is 0 Å². The molecule has 1 aromatic heterocycles. The average molecular weight is 348 g/mol. The maximum absolute atomic E-state index is 12.1. The fourth-order valence-corrected chi connectivity index (χ4v) is 5.04. The van der Waals surface area contributed by atoms with Crippen molar-refractivity contribution in [3.8, 4) is 11.3 Å². The van der Waals surface area contributed by atoms with Gasteiger partial charge in [-0.1, -0.05) is 43.2 Å². The molecule has 1 saturated carbocycles. The van der Waals surface area contributed by atoms with Gasteiger partial charge in [-0.25, -0.2) is 13.4 Å². The van der Waals surface area contributed by atoms with Crippen molar-refractivity contribution in [2.24, 2.45) is 0 Å². The molecule has 0 unspecified atom stereocenters. The Morgan fingerprint density at radius 2 is 1.92 bits per heavy atom. The van der Waals surface area contributed by atoms with Crippen molar-refractivity contribution in [3.05, 3.63) is 42.4 Å². The van der Waals surface area contributed by atoms with Crippen LogP contribution < -0.4 is 0 Å². The molecule has 1 aliphatic rings. The van der Waals surface area contributed by atoms with Crippen LogP contribution in [0.25, 0.3) is 11.3 Å². The van der Waals surface area contributed by atoms with Crippen molar-refractivity contribution in [1.29, 1.82) is 0 Å². The Morgan fingerprint density at radius 1 is 1.21 bits per heavy atom. The Hall–Kier alpha value is -1.66. The second-order valence-corrected chi connectivity index (χ2v) is 8.88. The van der Waals surface area contributed by atoms with E-state index in [1.807, 2.05) is 37.4 Å². The molecule has 2 aromatic rings. The number of benzene rings is 1. The largest absolute Gasteiger partial charge is 0.439 e. The van der Waals surface area contributed by atoms with Gasteiger partial charge in [-0.2, -0.15) is 0 Å². The normalized spacial score (nSPS) is 22.0. The molecule has 1 fully saturated rings. The maximum atomic E-state index is 12.1. The Morgan fingerprint density at radius 3 is 2.62 bits per heavy atom. The molecule has 0 radical (unpaired) electrons. The zero-order valence-corrected chi connectivity index (χ0v) is 15.0. The van der Waals surface area contributed by atoms with Crippen LogP contribution in [-0.4, -0.2) is 42.9 Å². The van der Waals surface area contributed by atoms with Gasteiger partial charge in [0.05, 0.1) is 18.0 Å². The number of sulfone groups is 1. The van der Waals surface area contributed by atoms with Gasteiger partial charge in [0.15, 0.2) is 15.6 Å². The van der Waals surface area contributed by atoms with E-state index in [4.69, 9.17) is 4.42 Å². The average Bonchev–Trinajstić information content (AvgIpc) is 3.03. The molecule has 0 spiro atoms. The van der Waals surface area contributed by atoms with Crippen LogP contribution in [0.4, 0.5) is 0 Å². The molecule has 6 heteroatoms. The summed E-state index contributed by atoms with van der Waals surface area (Å²) in [6, 6.07) is 9.87. The molecular formula is C18H24N2O3S. The van der Waals surface area contributed by atoms with Gasteiger partial charge >= 0.3 is 0 Å². The minimum Gasteiger partial charge on any atom is -0.439 e. The van der Waals surface area contributed by atoms with Gasteiger partial charge in [0.2, 0.25) is 5.89 Å². The quantitative estimate of drug-likeness (QED) is 0.831. The predicted octanol–water partition coefficient (Wildman–Crippen LogP) is 3.13. The first-order valence-electron chi connectivity index (χ1n) is 8.34. The van der Waals surface area contributed by atoms with E-state index in [9.17, 15) is 8.42 Å². The minimum atomic E-state index is -3.04. The summed E-state index contributed by atoms with van der Waals surface area (Å²) in [6.45, 7) is 0.517. The van der Waals surface area contributed by atoms with Crippen LogP contribution >= 0.6 is 0 Å². The zero-order valence-electron chi connectivity index (χ0n) is 14.2. The number of nitrogens with zero attached hydrogens (tertiary/aromatic N) is 2. The van der Waals surface area contributed by atoms with Crippen molar-refractivity contribution < 1.29 is 12.8 Å². The lowest BCUT2D eigenvalue weighted by molar-refractivity contribution is 0.173. The van der Waals surface area contributed by atoms with Gasteiger partial charge in [0, 0.05) is 17.9 Å². The summed E-state index contributed by atoms with van der Waals surface area (Å²) in [7, 11) is -1.08. The van der Waals surface area contributed by atoms with Gasteiger partial charge < -0.3 is 4.42 Å². The molecule has 5 nitrogen and oxygen atoms in total. The number of rotatable bonds is 5.